The van der Waals surface area contributed by atoms with Crippen LogP contribution in [0.1, 0.15) is 19.3 Å². The highest BCUT2D eigenvalue weighted by Gasteiger charge is 2.30. The standard InChI is InChI=1S/C22H23BrN8O3S/c1-35(33,34)9-8-26-21(32)13-2-3-14(10-13)28-22-27-12-16-19(23)30-31(20(16)29-22)15-4-5-17-18(11-15)25-7-6-24-17/h4-7,11-14H,2-3,8-10H2,1H3,(H,26,32)(H,27,28,29)/t13-,14-/m1/s1. The van der Waals surface area contributed by atoms with Crippen molar-refractivity contribution in [1.29, 1.82) is 0 Å². The number of nitrogens with zero attached hydrogens (tertiary/aromatic N) is 6. The molecule has 0 unspecified atom stereocenters. The first-order valence-corrected chi connectivity index (χ1v) is 14.0. The van der Waals surface area contributed by atoms with Gasteiger partial charge in [-0.1, -0.05) is 0 Å². The first-order chi connectivity index (χ1) is 16.8. The summed E-state index contributed by atoms with van der Waals surface area (Å²) in [6, 6.07) is 5.74. The van der Waals surface area contributed by atoms with Gasteiger partial charge >= 0.3 is 0 Å². The quantitative estimate of drug-likeness (QED) is 0.348. The van der Waals surface area contributed by atoms with Gasteiger partial charge in [-0.3, -0.25) is 14.8 Å². The number of rotatable bonds is 7. The molecule has 1 amide bonds. The van der Waals surface area contributed by atoms with Crippen molar-refractivity contribution in [1.82, 2.24) is 35.0 Å². The van der Waals surface area contributed by atoms with Crippen LogP contribution < -0.4 is 10.6 Å². The minimum atomic E-state index is -3.11. The van der Waals surface area contributed by atoms with E-state index in [9.17, 15) is 13.2 Å². The SMILES string of the molecule is CS(=O)(=O)CCNC(=O)[C@@H]1CC[C@@H](Nc2ncc3c(Br)nn(-c4ccc5nccnc5c4)c3n2)C1. The van der Waals surface area contributed by atoms with Gasteiger partial charge in [-0.25, -0.2) is 18.1 Å². The van der Waals surface area contributed by atoms with Crippen LogP contribution in [0.2, 0.25) is 0 Å². The van der Waals surface area contributed by atoms with Gasteiger partial charge < -0.3 is 10.6 Å². The molecule has 0 bridgehead atoms. The number of sulfone groups is 1. The van der Waals surface area contributed by atoms with Crippen LogP contribution in [0, 0.1) is 5.92 Å². The van der Waals surface area contributed by atoms with Crippen molar-refractivity contribution in [2.75, 3.05) is 23.9 Å². The normalized spacial score (nSPS) is 18.2. The number of anilines is 1. The van der Waals surface area contributed by atoms with E-state index in [1.165, 1.54) is 0 Å². The minimum Gasteiger partial charge on any atom is -0.355 e. The Balaban J connectivity index is 1.31. The summed E-state index contributed by atoms with van der Waals surface area (Å²) < 4.78 is 24.9. The summed E-state index contributed by atoms with van der Waals surface area (Å²) >= 11 is 3.49. The molecule has 182 valence electrons. The molecule has 0 radical (unpaired) electrons. The van der Waals surface area contributed by atoms with Crippen molar-refractivity contribution in [2.45, 2.75) is 25.3 Å². The maximum atomic E-state index is 12.4. The monoisotopic (exact) mass is 558 g/mol. The van der Waals surface area contributed by atoms with Crippen LogP contribution in [-0.2, 0) is 14.6 Å². The topological polar surface area (TPSA) is 145 Å². The van der Waals surface area contributed by atoms with Crippen molar-refractivity contribution >= 4 is 59.7 Å². The Labute approximate surface area is 209 Å². The molecule has 1 aliphatic rings. The lowest BCUT2D eigenvalue weighted by atomic mass is 10.1. The first kappa shape index (κ1) is 23.5. The van der Waals surface area contributed by atoms with Crippen LogP contribution in [0.5, 0.6) is 0 Å². The molecular formula is C22H23BrN8O3S. The second-order valence-electron chi connectivity index (χ2n) is 8.64. The number of carbonyl (C=O) groups excluding carboxylic acids is 1. The summed E-state index contributed by atoms with van der Waals surface area (Å²) in [6.07, 6.45) is 8.30. The van der Waals surface area contributed by atoms with Crippen LogP contribution in [0.15, 0.2) is 41.4 Å². The number of nitrogens with one attached hydrogen (secondary N) is 2. The largest absolute Gasteiger partial charge is 0.355 e. The summed E-state index contributed by atoms with van der Waals surface area (Å²) in [5.74, 6) is 0.105. The molecule has 1 fully saturated rings. The summed E-state index contributed by atoms with van der Waals surface area (Å²) in [5, 5.41) is 11.4. The Morgan fingerprint density at radius 3 is 2.77 bits per heavy atom. The zero-order valence-electron chi connectivity index (χ0n) is 18.8. The van der Waals surface area contributed by atoms with Crippen molar-refractivity contribution in [2.24, 2.45) is 5.92 Å². The van der Waals surface area contributed by atoms with Gasteiger partial charge in [-0.15, -0.1) is 0 Å². The highest BCUT2D eigenvalue weighted by atomic mass is 79.9. The number of hydrogen-bond donors (Lipinski definition) is 2. The number of aromatic nitrogens is 6. The van der Waals surface area contributed by atoms with E-state index in [1.54, 1.807) is 23.3 Å². The lowest BCUT2D eigenvalue weighted by Crippen LogP contribution is -2.33. The molecule has 13 heteroatoms. The third-order valence-corrected chi connectivity index (χ3v) is 7.52. The molecular weight excluding hydrogens is 536 g/mol. The highest BCUT2D eigenvalue weighted by Crippen LogP contribution is 2.29. The lowest BCUT2D eigenvalue weighted by molar-refractivity contribution is -0.124. The first-order valence-electron chi connectivity index (χ1n) is 11.1. The van der Waals surface area contributed by atoms with Crippen molar-refractivity contribution < 1.29 is 13.2 Å². The van der Waals surface area contributed by atoms with Gasteiger partial charge in [0.15, 0.2) is 5.65 Å². The molecule has 2 N–H and O–H groups in total. The maximum Gasteiger partial charge on any atom is 0.224 e. The number of amides is 1. The van der Waals surface area contributed by atoms with E-state index in [4.69, 9.17) is 4.98 Å². The molecule has 3 heterocycles. The molecule has 0 saturated heterocycles. The smallest absolute Gasteiger partial charge is 0.224 e. The molecule has 3 aromatic heterocycles. The molecule has 5 rings (SSSR count). The Morgan fingerprint density at radius 1 is 1.17 bits per heavy atom. The fourth-order valence-corrected chi connectivity index (χ4v) is 5.15. The van der Waals surface area contributed by atoms with E-state index in [0.29, 0.717) is 29.0 Å². The van der Waals surface area contributed by atoms with E-state index >= 15 is 0 Å². The second kappa shape index (κ2) is 9.46. The summed E-state index contributed by atoms with van der Waals surface area (Å²) in [7, 11) is -3.11. The van der Waals surface area contributed by atoms with Crippen molar-refractivity contribution in [3.05, 3.63) is 41.4 Å². The van der Waals surface area contributed by atoms with Crippen LogP contribution in [-0.4, -0.2) is 68.6 Å². The molecule has 0 spiro atoms. The average Bonchev–Trinajstić information content (AvgIpc) is 3.42. The second-order valence-corrected chi connectivity index (χ2v) is 11.6. The molecule has 1 saturated carbocycles. The van der Waals surface area contributed by atoms with Crippen molar-refractivity contribution in [3.63, 3.8) is 0 Å². The van der Waals surface area contributed by atoms with Crippen LogP contribution in [0.3, 0.4) is 0 Å². The number of carbonyl (C=O) groups is 1. The Hall–Kier alpha value is -3.19. The van der Waals surface area contributed by atoms with Gasteiger partial charge in [-0.05, 0) is 53.4 Å². The summed E-state index contributed by atoms with van der Waals surface area (Å²) in [5.41, 5.74) is 2.97. The Morgan fingerprint density at radius 2 is 1.97 bits per heavy atom. The zero-order chi connectivity index (χ0) is 24.6. The third-order valence-electron chi connectivity index (χ3n) is 5.99. The highest BCUT2D eigenvalue weighted by molar-refractivity contribution is 9.10. The number of benzene rings is 1. The molecule has 1 aliphatic carbocycles. The number of hydrogen-bond acceptors (Lipinski definition) is 9. The molecule has 11 nitrogen and oxygen atoms in total. The molecule has 35 heavy (non-hydrogen) atoms. The van der Waals surface area contributed by atoms with Crippen LogP contribution >= 0.6 is 15.9 Å². The minimum absolute atomic E-state index is 0.0360. The van der Waals surface area contributed by atoms with Crippen LogP contribution in [0.25, 0.3) is 27.8 Å². The van der Waals surface area contributed by atoms with E-state index in [2.05, 4.69) is 46.6 Å². The predicted octanol–water partition coefficient (Wildman–Crippen LogP) is 2.26. The van der Waals surface area contributed by atoms with E-state index in [0.717, 1.165) is 34.8 Å². The Bertz CT molecular complexity index is 1520. The molecule has 1 aromatic carbocycles. The van der Waals surface area contributed by atoms with E-state index < -0.39 is 9.84 Å². The van der Waals surface area contributed by atoms with Crippen LogP contribution in [0.4, 0.5) is 5.95 Å². The van der Waals surface area contributed by atoms with Gasteiger partial charge in [0.1, 0.15) is 14.4 Å². The summed E-state index contributed by atoms with van der Waals surface area (Å²) in [6.45, 7) is 0.130. The zero-order valence-corrected chi connectivity index (χ0v) is 21.3. The van der Waals surface area contributed by atoms with E-state index in [-0.39, 0.29) is 30.2 Å². The molecule has 0 aliphatic heterocycles. The van der Waals surface area contributed by atoms with Gasteiger partial charge in [0.05, 0.1) is 27.9 Å². The van der Waals surface area contributed by atoms with Gasteiger partial charge in [-0.2, -0.15) is 10.1 Å². The van der Waals surface area contributed by atoms with E-state index in [1.807, 2.05) is 18.2 Å². The molecule has 4 aromatic rings. The predicted molar refractivity (Wildman–Crippen MR) is 135 cm³/mol. The fraction of sp³-hybridized carbons (Fsp3) is 0.364. The maximum absolute atomic E-state index is 12.4. The summed E-state index contributed by atoms with van der Waals surface area (Å²) in [4.78, 5) is 30.2. The number of fused-ring (bicyclic) bond motifs is 2. The average molecular weight is 559 g/mol. The molecule has 2 atom stereocenters. The van der Waals surface area contributed by atoms with Crippen molar-refractivity contribution in [3.8, 4) is 5.69 Å². The lowest BCUT2D eigenvalue weighted by Gasteiger charge is -2.14. The number of halogens is 1. The van der Waals surface area contributed by atoms with Gasteiger partial charge in [0.25, 0.3) is 0 Å². The fourth-order valence-electron chi connectivity index (χ4n) is 4.24. The Kier molecular flexibility index (Phi) is 6.36. The van der Waals surface area contributed by atoms with Gasteiger partial charge in [0.2, 0.25) is 11.9 Å². The van der Waals surface area contributed by atoms with Gasteiger partial charge in [0, 0.05) is 43.4 Å². The third kappa shape index (κ3) is 5.25.